The van der Waals surface area contributed by atoms with E-state index in [9.17, 15) is 9.59 Å². The minimum atomic E-state index is 0.0439. The number of hydrogen-bond donors (Lipinski definition) is 2. The summed E-state index contributed by atoms with van der Waals surface area (Å²) >= 11 is 6.02. The van der Waals surface area contributed by atoms with Gasteiger partial charge < -0.3 is 15.2 Å². The zero-order valence-corrected chi connectivity index (χ0v) is 17.7. The van der Waals surface area contributed by atoms with Gasteiger partial charge in [0.1, 0.15) is 5.82 Å². The molecule has 0 unspecified atom stereocenters. The van der Waals surface area contributed by atoms with Crippen molar-refractivity contribution in [3.8, 4) is 0 Å². The van der Waals surface area contributed by atoms with E-state index in [1.54, 1.807) is 0 Å². The van der Waals surface area contributed by atoms with Crippen LogP contribution in [-0.4, -0.2) is 45.8 Å². The van der Waals surface area contributed by atoms with Gasteiger partial charge in [0, 0.05) is 48.8 Å². The smallest absolute Gasteiger partial charge is 0.222 e. The molecule has 2 heterocycles. The summed E-state index contributed by atoms with van der Waals surface area (Å²) in [5.74, 6) is 1.12. The first-order valence-corrected chi connectivity index (χ1v) is 11.1. The van der Waals surface area contributed by atoms with Crippen LogP contribution in [0.15, 0.2) is 18.2 Å². The molecule has 2 atom stereocenters. The molecule has 0 radical (unpaired) electrons. The predicted molar refractivity (Wildman–Crippen MR) is 114 cm³/mol. The van der Waals surface area contributed by atoms with Gasteiger partial charge >= 0.3 is 0 Å². The highest BCUT2D eigenvalue weighted by Gasteiger charge is 2.49. The molecule has 2 aliphatic rings. The Balaban J connectivity index is 1.34. The zero-order chi connectivity index (χ0) is 20.4. The minimum absolute atomic E-state index is 0.0439. The lowest BCUT2D eigenvalue weighted by Crippen LogP contribution is -2.56. The summed E-state index contributed by atoms with van der Waals surface area (Å²) in [4.78, 5) is 34.8. The Hall–Kier alpha value is -2.08. The molecule has 1 aromatic carbocycles. The number of imidazole rings is 1. The summed E-state index contributed by atoms with van der Waals surface area (Å²) in [6.45, 7) is 3.61. The fourth-order valence-electron chi connectivity index (χ4n) is 5.14. The number of halogens is 1. The number of nitrogens with zero attached hydrogens (tertiary/aromatic N) is 2. The van der Waals surface area contributed by atoms with Gasteiger partial charge in [-0.25, -0.2) is 4.98 Å². The van der Waals surface area contributed by atoms with Crippen LogP contribution < -0.4 is 5.32 Å². The maximum Gasteiger partial charge on any atom is 0.222 e. The van der Waals surface area contributed by atoms with Crippen LogP contribution >= 0.6 is 11.6 Å². The van der Waals surface area contributed by atoms with E-state index < -0.39 is 0 Å². The van der Waals surface area contributed by atoms with Crippen molar-refractivity contribution in [2.45, 2.75) is 64.3 Å². The molecule has 29 heavy (non-hydrogen) atoms. The second-order valence-electron chi connectivity index (χ2n) is 8.48. The second kappa shape index (κ2) is 8.34. The van der Waals surface area contributed by atoms with E-state index in [0.717, 1.165) is 55.5 Å². The molecule has 0 bridgehead atoms. The number of nitrogens with one attached hydrogen (secondary N) is 2. The lowest BCUT2D eigenvalue weighted by Gasteiger charge is -2.46. The van der Waals surface area contributed by atoms with Crippen LogP contribution in [0, 0.1) is 5.41 Å². The molecule has 1 aliphatic heterocycles. The van der Waals surface area contributed by atoms with Crippen molar-refractivity contribution in [3.63, 3.8) is 0 Å². The van der Waals surface area contributed by atoms with E-state index in [4.69, 9.17) is 11.6 Å². The minimum Gasteiger partial charge on any atom is -0.355 e. The number of benzene rings is 1. The van der Waals surface area contributed by atoms with Gasteiger partial charge in [-0.05, 0) is 43.9 Å². The van der Waals surface area contributed by atoms with E-state index in [1.807, 2.05) is 18.2 Å². The van der Waals surface area contributed by atoms with Gasteiger partial charge in [-0.15, -0.1) is 0 Å². The summed E-state index contributed by atoms with van der Waals surface area (Å²) in [5.41, 5.74) is 1.80. The number of hydrogen-bond acceptors (Lipinski definition) is 3. The molecule has 7 heteroatoms. The van der Waals surface area contributed by atoms with Gasteiger partial charge in [0.15, 0.2) is 0 Å². The van der Waals surface area contributed by atoms with E-state index in [1.165, 1.54) is 0 Å². The van der Waals surface area contributed by atoms with Gasteiger partial charge in [-0.2, -0.15) is 0 Å². The number of fused-ring (bicyclic) bond motifs is 2. The third-order valence-electron chi connectivity index (χ3n) is 6.58. The maximum absolute atomic E-state index is 12.5. The molecule has 2 N–H and O–H groups in total. The van der Waals surface area contributed by atoms with Crippen molar-refractivity contribution >= 4 is 34.4 Å². The summed E-state index contributed by atoms with van der Waals surface area (Å²) in [5, 5.41) is 3.83. The third kappa shape index (κ3) is 4.13. The zero-order valence-electron chi connectivity index (χ0n) is 17.0. The van der Waals surface area contributed by atoms with Crippen LogP contribution in [-0.2, 0) is 16.0 Å². The monoisotopic (exact) mass is 416 g/mol. The first kappa shape index (κ1) is 20.2. The molecule has 156 valence electrons. The highest BCUT2D eigenvalue weighted by molar-refractivity contribution is 6.31. The summed E-state index contributed by atoms with van der Waals surface area (Å²) < 4.78 is 0. The number of aryl methyl sites for hydroxylation is 1. The number of piperidine rings is 1. The van der Waals surface area contributed by atoms with E-state index >= 15 is 0 Å². The highest BCUT2D eigenvalue weighted by Crippen LogP contribution is 2.47. The van der Waals surface area contributed by atoms with Crippen LogP contribution in [0.25, 0.3) is 11.0 Å². The SMILES string of the molecule is CCCN1C(=O)CC[C@]2(CNC(=O)CCc3nc4ccc(Cl)cc4[nH]3)CCC[C@@H]12. The van der Waals surface area contributed by atoms with E-state index in [2.05, 4.69) is 27.1 Å². The normalized spacial score (nSPS) is 24.1. The van der Waals surface area contributed by atoms with Crippen LogP contribution in [0.3, 0.4) is 0 Å². The number of rotatable bonds is 7. The van der Waals surface area contributed by atoms with Crippen LogP contribution in [0.1, 0.15) is 57.7 Å². The Kier molecular flexibility index (Phi) is 5.81. The van der Waals surface area contributed by atoms with E-state index in [0.29, 0.717) is 30.8 Å². The number of carbonyl (C=O) groups is 2. The number of H-pyrrole nitrogens is 1. The molecular weight excluding hydrogens is 388 g/mol. The topological polar surface area (TPSA) is 78.1 Å². The Labute approximate surface area is 176 Å². The maximum atomic E-state index is 12.5. The fourth-order valence-corrected chi connectivity index (χ4v) is 5.31. The van der Waals surface area contributed by atoms with Gasteiger partial charge in [-0.3, -0.25) is 9.59 Å². The van der Waals surface area contributed by atoms with Gasteiger partial charge in [0.2, 0.25) is 11.8 Å². The second-order valence-corrected chi connectivity index (χ2v) is 8.92. The fraction of sp³-hybridized carbons (Fsp3) is 0.591. The third-order valence-corrected chi connectivity index (χ3v) is 6.81. The molecule has 1 aliphatic carbocycles. The average Bonchev–Trinajstić information content (AvgIpc) is 3.31. The molecule has 2 amide bonds. The predicted octanol–water partition coefficient (Wildman–Crippen LogP) is 3.84. The lowest BCUT2D eigenvalue weighted by atomic mass is 9.74. The number of amides is 2. The van der Waals surface area contributed by atoms with Crippen molar-refractivity contribution in [1.82, 2.24) is 20.2 Å². The number of likely N-dealkylation sites (tertiary alicyclic amines) is 1. The Morgan fingerprint density at radius 2 is 2.28 bits per heavy atom. The largest absolute Gasteiger partial charge is 0.355 e. The standard InChI is InChI=1S/C22H29ClN4O2/c1-2-12-27-18-4-3-10-22(18,11-9-21(27)29)14-24-20(28)8-7-19-25-16-6-5-15(23)13-17(16)26-19/h5-6,13,18H,2-4,7-12,14H2,1H3,(H,24,28)(H,25,26)/t18-,22+/m1/s1. The molecule has 1 aromatic heterocycles. The Bertz CT molecular complexity index is 911. The molecule has 1 saturated carbocycles. The van der Waals surface area contributed by atoms with Gasteiger partial charge in [0.25, 0.3) is 0 Å². The molecule has 6 nitrogen and oxygen atoms in total. The molecule has 1 saturated heterocycles. The van der Waals surface area contributed by atoms with Crippen molar-refractivity contribution in [1.29, 1.82) is 0 Å². The molecule has 2 aromatic rings. The van der Waals surface area contributed by atoms with Crippen molar-refractivity contribution in [3.05, 3.63) is 29.0 Å². The van der Waals surface area contributed by atoms with Crippen molar-refractivity contribution < 1.29 is 9.59 Å². The number of aromatic nitrogens is 2. The molecule has 4 rings (SSSR count). The van der Waals surface area contributed by atoms with Gasteiger partial charge in [-0.1, -0.05) is 24.9 Å². The molecule has 0 spiro atoms. The summed E-state index contributed by atoms with van der Waals surface area (Å²) in [6, 6.07) is 5.82. The molecular formula is C22H29ClN4O2. The quantitative estimate of drug-likeness (QED) is 0.719. The first-order chi connectivity index (χ1) is 14.0. The first-order valence-electron chi connectivity index (χ1n) is 10.7. The highest BCUT2D eigenvalue weighted by atomic mass is 35.5. The summed E-state index contributed by atoms with van der Waals surface area (Å²) in [6.07, 6.45) is 6.72. The van der Waals surface area contributed by atoms with Crippen molar-refractivity contribution in [2.24, 2.45) is 5.41 Å². The van der Waals surface area contributed by atoms with Gasteiger partial charge in [0.05, 0.1) is 11.0 Å². The Morgan fingerprint density at radius 1 is 1.41 bits per heavy atom. The van der Waals surface area contributed by atoms with Crippen LogP contribution in [0.5, 0.6) is 0 Å². The van der Waals surface area contributed by atoms with E-state index in [-0.39, 0.29) is 23.3 Å². The van der Waals surface area contributed by atoms with Crippen LogP contribution in [0.2, 0.25) is 5.02 Å². The lowest BCUT2D eigenvalue weighted by molar-refractivity contribution is -0.142. The van der Waals surface area contributed by atoms with Crippen molar-refractivity contribution in [2.75, 3.05) is 13.1 Å². The Morgan fingerprint density at radius 3 is 3.10 bits per heavy atom. The molecule has 2 fully saturated rings. The van der Waals surface area contributed by atoms with Crippen LogP contribution in [0.4, 0.5) is 0 Å². The summed E-state index contributed by atoms with van der Waals surface area (Å²) in [7, 11) is 0. The average molecular weight is 417 g/mol. The number of aromatic amines is 1. The number of carbonyl (C=O) groups excluding carboxylic acids is 2.